The average molecular weight is 299 g/mol. The summed E-state index contributed by atoms with van der Waals surface area (Å²) in [6.07, 6.45) is 1.26. The van der Waals surface area contributed by atoms with E-state index >= 15 is 0 Å². The molecule has 1 aromatic carbocycles. The van der Waals surface area contributed by atoms with Gasteiger partial charge >= 0.3 is 5.97 Å². The molecule has 0 radical (unpaired) electrons. The number of carbonyl (C=O) groups is 1. The Morgan fingerprint density at radius 1 is 1.30 bits per heavy atom. The van der Waals surface area contributed by atoms with Gasteiger partial charge in [-0.25, -0.2) is 8.42 Å². The Kier molecular flexibility index (Phi) is 5.71. The maximum absolute atomic E-state index is 12.3. The predicted molar refractivity (Wildman–Crippen MR) is 78.1 cm³/mol. The van der Waals surface area contributed by atoms with Crippen LogP contribution in [0.25, 0.3) is 0 Å². The number of hydrogen-bond donors (Lipinski definition) is 1. The van der Waals surface area contributed by atoms with Crippen LogP contribution < -0.4 is 5.73 Å². The zero-order chi connectivity index (χ0) is 15.2. The molecule has 6 heteroatoms. The van der Waals surface area contributed by atoms with Crippen molar-refractivity contribution in [3.8, 4) is 0 Å². The van der Waals surface area contributed by atoms with Gasteiger partial charge in [-0.05, 0) is 18.9 Å². The third-order valence-electron chi connectivity index (χ3n) is 3.24. The summed E-state index contributed by atoms with van der Waals surface area (Å²) in [6, 6.07) is 8.95. The van der Waals surface area contributed by atoms with Crippen LogP contribution in [0, 0.1) is 0 Å². The molecule has 1 atom stereocenters. The van der Waals surface area contributed by atoms with Crippen molar-refractivity contribution >= 4 is 15.8 Å². The fourth-order valence-electron chi connectivity index (χ4n) is 2.05. The highest BCUT2D eigenvalue weighted by Crippen LogP contribution is 2.29. The first-order valence-electron chi connectivity index (χ1n) is 6.46. The summed E-state index contributed by atoms with van der Waals surface area (Å²) in [5.41, 5.74) is 5.38. The molecule has 0 fully saturated rings. The molecule has 20 heavy (non-hydrogen) atoms. The number of ether oxygens (including phenoxy) is 1. The van der Waals surface area contributed by atoms with Gasteiger partial charge in [0.25, 0.3) is 0 Å². The van der Waals surface area contributed by atoms with E-state index in [2.05, 4.69) is 0 Å². The van der Waals surface area contributed by atoms with E-state index in [9.17, 15) is 13.2 Å². The molecule has 112 valence electrons. The van der Waals surface area contributed by atoms with Crippen molar-refractivity contribution in [2.45, 2.75) is 18.8 Å². The number of rotatable bonds is 7. The van der Waals surface area contributed by atoms with Crippen LogP contribution in [-0.2, 0) is 24.8 Å². The Balaban J connectivity index is 3.19. The molecule has 0 spiro atoms. The maximum Gasteiger partial charge on any atom is 0.317 e. The molecule has 1 unspecified atom stereocenters. The summed E-state index contributed by atoms with van der Waals surface area (Å²) in [5.74, 6) is -0.588. The molecule has 1 aromatic rings. The minimum atomic E-state index is -3.19. The third kappa shape index (κ3) is 4.05. The van der Waals surface area contributed by atoms with E-state index in [1.807, 2.05) is 6.07 Å². The van der Waals surface area contributed by atoms with Crippen molar-refractivity contribution in [1.29, 1.82) is 0 Å². The fraction of sp³-hybridized carbons (Fsp3) is 0.500. The molecule has 5 nitrogen and oxygen atoms in total. The zero-order valence-corrected chi connectivity index (χ0v) is 12.7. The van der Waals surface area contributed by atoms with Crippen molar-refractivity contribution in [3.63, 3.8) is 0 Å². The summed E-state index contributed by atoms with van der Waals surface area (Å²) >= 11 is 0. The molecule has 2 N–H and O–H groups in total. The molecule has 0 saturated carbocycles. The summed E-state index contributed by atoms with van der Waals surface area (Å²) in [6.45, 7) is 1.94. The highest BCUT2D eigenvalue weighted by molar-refractivity contribution is 7.90. The Bertz CT molecular complexity index is 542. The third-order valence-corrected chi connectivity index (χ3v) is 4.19. The van der Waals surface area contributed by atoms with E-state index in [0.717, 1.165) is 6.26 Å². The first-order valence-corrected chi connectivity index (χ1v) is 8.52. The second-order valence-corrected chi connectivity index (χ2v) is 7.01. The van der Waals surface area contributed by atoms with Gasteiger partial charge in [0, 0.05) is 12.8 Å². The topological polar surface area (TPSA) is 86.5 Å². The highest BCUT2D eigenvalue weighted by atomic mass is 32.2. The molecule has 0 heterocycles. The molecule has 1 rings (SSSR count). The molecule has 0 bridgehead atoms. The van der Waals surface area contributed by atoms with Crippen LogP contribution in [0.15, 0.2) is 30.3 Å². The minimum absolute atomic E-state index is 0.00532. The van der Waals surface area contributed by atoms with E-state index in [1.54, 1.807) is 31.2 Å². The van der Waals surface area contributed by atoms with E-state index in [1.165, 1.54) is 0 Å². The quantitative estimate of drug-likeness (QED) is 0.755. The SMILES string of the molecule is CCOC(=O)C(CN)(CCS(C)(=O)=O)c1ccccc1. The van der Waals surface area contributed by atoms with Crippen molar-refractivity contribution in [1.82, 2.24) is 0 Å². The highest BCUT2D eigenvalue weighted by Gasteiger charge is 2.40. The van der Waals surface area contributed by atoms with Crippen LogP contribution in [0.5, 0.6) is 0 Å². The molecule has 0 aliphatic heterocycles. The zero-order valence-electron chi connectivity index (χ0n) is 11.8. The van der Waals surface area contributed by atoms with Crippen molar-refractivity contribution < 1.29 is 17.9 Å². The Morgan fingerprint density at radius 3 is 2.35 bits per heavy atom. The number of benzene rings is 1. The van der Waals surface area contributed by atoms with Crippen LogP contribution in [-0.4, -0.2) is 39.5 Å². The standard InChI is InChI=1S/C14H21NO4S/c1-3-19-13(16)14(11-15,9-10-20(2,17)18)12-7-5-4-6-8-12/h4-8H,3,9-11,15H2,1-2H3. The van der Waals surface area contributed by atoms with Gasteiger partial charge in [-0.3, -0.25) is 4.79 Å². The summed E-state index contributed by atoms with van der Waals surface area (Å²) < 4.78 is 27.9. The molecule has 0 saturated heterocycles. The number of sulfone groups is 1. The number of hydrogen-bond acceptors (Lipinski definition) is 5. The fourth-order valence-corrected chi connectivity index (χ4v) is 2.77. The van der Waals surface area contributed by atoms with Gasteiger partial charge in [-0.1, -0.05) is 30.3 Å². The van der Waals surface area contributed by atoms with Crippen molar-refractivity contribution in [2.75, 3.05) is 25.2 Å². The van der Waals surface area contributed by atoms with Gasteiger partial charge in [0.2, 0.25) is 0 Å². The van der Waals surface area contributed by atoms with Gasteiger partial charge in [0.15, 0.2) is 0 Å². The van der Waals surface area contributed by atoms with Crippen molar-refractivity contribution in [3.05, 3.63) is 35.9 Å². The first kappa shape index (κ1) is 16.7. The summed E-state index contributed by atoms with van der Waals surface area (Å²) in [7, 11) is -3.19. The van der Waals surface area contributed by atoms with Crippen LogP contribution in [0.3, 0.4) is 0 Å². The van der Waals surface area contributed by atoms with Gasteiger partial charge in [0.1, 0.15) is 15.3 Å². The Morgan fingerprint density at radius 2 is 1.90 bits per heavy atom. The van der Waals surface area contributed by atoms with Gasteiger partial charge in [-0.15, -0.1) is 0 Å². The number of esters is 1. The smallest absolute Gasteiger partial charge is 0.317 e. The lowest BCUT2D eigenvalue weighted by atomic mass is 9.78. The molecule has 0 aliphatic rings. The lowest BCUT2D eigenvalue weighted by molar-refractivity contribution is -0.150. The molecular weight excluding hydrogens is 278 g/mol. The lowest BCUT2D eigenvalue weighted by Gasteiger charge is -2.30. The normalized spacial score (nSPS) is 14.6. The monoisotopic (exact) mass is 299 g/mol. The summed E-state index contributed by atoms with van der Waals surface area (Å²) in [5, 5.41) is 0. The first-order chi connectivity index (χ1) is 9.35. The molecule has 0 aromatic heterocycles. The van der Waals surface area contributed by atoms with E-state index in [4.69, 9.17) is 10.5 Å². The lowest BCUT2D eigenvalue weighted by Crippen LogP contribution is -2.45. The van der Waals surface area contributed by atoms with Crippen LogP contribution in [0.1, 0.15) is 18.9 Å². The largest absolute Gasteiger partial charge is 0.465 e. The second kappa shape index (κ2) is 6.85. The van der Waals surface area contributed by atoms with E-state index in [0.29, 0.717) is 5.56 Å². The number of nitrogens with two attached hydrogens (primary N) is 1. The Labute approximate surface area is 120 Å². The Hall–Kier alpha value is -1.40. The second-order valence-electron chi connectivity index (χ2n) is 4.75. The van der Waals surface area contributed by atoms with Gasteiger partial charge in [0.05, 0.1) is 12.4 Å². The van der Waals surface area contributed by atoms with Crippen LogP contribution >= 0.6 is 0 Å². The molecule has 0 aliphatic carbocycles. The summed E-state index contributed by atoms with van der Waals surface area (Å²) in [4.78, 5) is 12.3. The van der Waals surface area contributed by atoms with Crippen LogP contribution in [0.2, 0.25) is 0 Å². The average Bonchev–Trinajstić information content (AvgIpc) is 2.40. The molecular formula is C14H21NO4S. The van der Waals surface area contributed by atoms with Crippen LogP contribution in [0.4, 0.5) is 0 Å². The predicted octanol–water partition coefficient (Wildman–Crippen LogP) is 0.881. The molecule has 0 amide bonds. The maximum atomic E-state index is 12.3. The van der Waals surface area contributed by atoms with Crippen molar-refractivity contribution in [2.24, 2.45) is 5.73 Å². The van der Waals surface area contributed by atoms with E-state index < -0.39 is 21.2 Å². The van der Waals surface area contributed by atoms with E-state index in [-0.39, 0.29) is 25.3 Å². The minimum Gasteiger partial charge on any atom is -0.465 e. The number of carbonyl (C=O) groups excluding carboxylic acids is 1. The van der Waals surface area contributed by atoms with Gasteiger partial charge < -0.3 is 10.5 Å². The van der Waals surface area contributed by atoms with Gasteiger partial charge in [-0.2, -0.15) is 0 Å².